The highest BCUT2D eigenvalue weighted by Crippen LogP contribution is 2.24. The molecule has 0 unspecified atom stereocenters. The highest BCUT2D eigenvalue weighted by molar-refractivity contribution is 7.20. The normalized spacial score (nSPS) is 15.3. The van der Waals surface area contributed by atoms with Crippen LogP contribution < -0.4 is 15.4 Å². The quantitative estimate of drug-likeness (QED) is 0.735. The van der Waals surface area contributed by atoms with Gasteiger partial charge in [-0.2, -0.15) is 4.98 Å². The van der Waals surface area contributed by atoms with E-state index in [0.717, 1.165) is 37.1 Å². The van der Waals surface area contributed by atoms with Crippen LogP contribution in [0.2, 0.25) is 0 Å². The lowest BCUT2D eigenvalue weighted by atomic mass is 10.3. The number of hydrogen-bond donors (Lipinski definition) is 1. The number of hydrogen-bond acceptors (Lipinski definition) is 8. The van der Waals surface area contributed by atoms with Gasteiger partial charge >= 0.3 is 5.56 Å². The van der Waals surface area contributed by atoms with E-state index in [1.54, 1.807) is 6.20 Å². The maximum atomic E-state index is 11.4. The first-order chi connectivity index (χ1) is 11.2. The highest BCUT2D eigenvalue weighted by atomic mass is 32.1. The number of nitrogens with zero attached hydrogens (tertiary/aromatic N) is 6. The van der Waals surface area contributed by atoms with Crippen LogP contribution in [-0.2, 0) is 0 Å². The number of pyridine rings is 1. The van der Waals surface area contributed by atoms with Crippen LogP contribution in [0.25, 0.3) is 4.96 Å². The summed E-state index contributed by atoms with van der Waals surface area (Å²) >= 11 is 1.35. The summed E-state index contributed by atoms with van der Waals surface area (Å²) in [5, 5.41) is 14.6. The third-order valence-corrected chi connectivity index (χ3v) is 4.74. The summed E-state index contributed by atoms with van der Waals surface area (Å²) < 4.78 is 1.45. The third kappa shape index (κ3) is 2.59. The smallest absolute Gasteiger partial charge is 0.316 e. The zero-order valence-electron chi connectivity index (χ0n) is 12.2. The lowest BCUT2D eigenvalue weighted by Crippen LogP contribution is -2.46. The van der Waals surface area contributed by atoms with Crippen molar-refractivity contribution in [3.8, 4) is 5.75 Å². The number of anilines is 2. The van der Waals surface area contributed by atoms with Gasteiger partial charge in [0.25, 0.3) is 0 Å². The first-order valence-electron chi connectivity index (χ1n) is 7.21. The molecular weight excluding hydrogens is 316 g/mol. The summed E-state index contributed by atoms with van der Waals surface area (Å²) in [6.45, 7) is 3.33. The molecule has 1 fully saturated rings. The van der Waals surface area contributed by atoms with Crippen LogP contribution >= 0.6 is 11.3 Å². The van der Waals surface area contributed by atoms with Crippen molar-refractivity contribution in [2.75, 3.05) is 36.0 Å². The zero-order valence-corrected chi connectivity index (χ0v) is 13.0. The van der Waals surface area contributed by atoms with Gasteiger partial charge in [-0.25, -0.2) is 9.50 Å². The summed E-state index contributed by atoms with van der Waals surface area (Å²) in [4.78, 5) is 24.5. The van der Waals surface area contributed by atoms with Crippen LogP contribution in [0.3, 0.4) is 0 Å². The van der Waals surface area contributed by atoms with Crippen molar-refractivity contribution in [3.63, 3.8) is 0 Å². The second-order valence-corrected chi connectivity index (χ2v) is 6.14. The zero-order chi connectivity index (χ0) is 15.8. The van der Waals surface area contributed by atoms with Gasteiger partial charge in [-0.1, -0.05) is 17.4 Å². The van der Waals surface area contributed by atoms with Crippen molar-refractivity contribution in [2.24, 2.45) is 0 Å². The Balaban J connectivity index is 1.53. The van der Waals surface area contributed by atoms with Crippen molar-refractivity contribution in [2.45, 2.75) is 0 Å². The molecule has 3 aromatic heterocycles. The van der Waals surface area contributed by atoms with Gasteiger partial charge in [0, 0.05) is 32.4 Å². The minimum atomic E-state index is -0.625. The predicted octanol–water partition coefficient (Wildman–Crippen LogP) is 0.578. The van der Waals surface area contributed by atoms with Gasteiger partial charge < -0.3 is 14.9 Å². The molecule has 0 bridgehead atoms. The monoisotopic (exact) mass is 330 g/mol. The van der Waals surface area contributed by atoms with Crippen LogP contribution in [0.1, 0.15) is 0 Å². The standard InChI is InChI=1S/C14H14N6O2S/c21-10-9-20-13(16-12(10)22)23-14(17-20)19-7-5-18(6-8-19)11-3-1-2-4-15-11/h1-4,9,21H,5-8H2. The average Bonchev–Trinajstić information content (AvgIpc) is 2.99. The van der Waals surface area contributed by atoms with Crippen molar-refractivity contribution in [3.05, 3.63) is 40.9 Å². The van der Waals surface area contributed by atoms with Gasteiger partial charge in [0.05, 0.1) is 6.20 Å². The van der Waals surface area contributed by atoms with Gasteiger partial charge in [0.2, 0.25) is 15.8 Å². The molecule has 9 heteroatoms. The summed E-state index contributed by atoms with van der Waals surface area (Å²) in [7, 11) is 0. The van der Waals surface area contributed by atoms with E-state index in [-0.39, 0.29) is 5.75 Å². The highest BCUT2D eigenvalue weighted by Gasteiger charge is 2.21. The second kappa shape index (κ2) is 5.51. The maximum Gasteiger partial charge on any atom is 0.316 e. The van der Waals surface area contributed by atoms with Crippen LogP contribution in [-0.4, -0.2) is 50.9 Å². The van der Waals surface area contributed by atoms with Gasteiger partial charge in [-0.3, -0.25) is 4.79 Å². The number of rotatable bonds is 2. The molecule has 8 nitrogen and oxygen atoms in total. The van der Waals surface area contributed by atoms with E-state index in [1.807, 2.05) is 18.2 Å². The third-order valence-electron chi connectivity index (χ3n) is 3.76. The topological polar surface area (TPSA) is 86.9 Å². The lowest BCUT2D eigenvalue weighted by molar-refractivity contribution is 0.461. The molecule has 0 radical (unpaired) electrons. The van der Waals surface area contributed by atoms with E-state index in [4.69, 9.17) is 0 Å². The fraction of sp³-hybridized carbons (Fsp3) is 0.286. The van der Waals surface area contributed by atoms with E-state index in [9.17, 15) is 9.90 Å². The number of aromatic hydroxyl groups is 1. The van der Waals surface area contributed by atoms with Crippen LogP contribution in [0.4, 0.5) is 10.9 Å². The van der Waals surface area contributed by atoms with Gasteiger partial charge in [0.15, 0.2) is 0 Å². The Morgan fingerprint density at radius 2 is 1.91 bits per heavy atom. The van der Waals surface area contributed by atoms with Crippen LogP contribution in [0.15, 0.2) is 35.4 Å². The molecule has 4 heterocycles. The number of fused-ring (bicyclic) bond motifs is 1. The molecule has 0 saturated carbocycles. The number of aromatic nitrogens is 4. The van der Waals surface area contributed by atoms with Crippen molar-refractivity contribution in [1.29, 1.82) is 0 Å². The first kappa shape index (κ1) is 13.9. The Morgan fingerprint density at radius 1 is 1.13 bits per heavy atom. The summed E-state index contributed by atoms with van der Waals surface area (Å²) in [6.07, 6.45) is 3.10. The first-order valence-corrected chi connectivity index (χ1v) is 8.03. The molecule has 1 aliphatic rings. The van der Waals surface area contributed by atoms with Crippen molar-refractivity contribution >= 4 is 27.2 Å². The minimum Gasteiger partial charge on any atom is -0.502 e. The Hall–Kier alpha value is -2.68. The van der Waals surface area contributed by atoms with Gasteiger partial charge in [-0.05, 0) is 12.1 Å². The van der Waals surface area contributed by atoms with E-state index in [2.05, 4.69) is 24.9 Å². The van der Waals surface area contributed by atoms with Crippen molar-refractivity contribution < 1.29 is 5.11 Å². The van der Waals surface area contributed by atoms with Crippen LogP contribution in [0.5, 0.6) is 5.75 Å². The van der Waals surface area contributed by atoms with E-state index in [0.29, 0.717) is 4.96 Å². The molecular formula is C14H14N6O2S. The summed E-state index contributed by atoms with van der Waals surface area (Å²) in [6, 6.07) is 5.90. The van der Waals surface area contributed by atoms with Gasteiger partial charge in [-0.15, -0.1) is 5.10 Å². The van der Waals surface area contributed by atoms with Gasteiger partial charge in [0.1, 0.15) is 5.82 Å². The summed E-state index contributed by atoms with van der Waals surface area (Å²) in [5.41, 5.74) is -0.625. The average molecular weight is 330 g/mol. The molecule has 0 aromatic carbocycles. The molecule has 1 N–H and O–H groups in total. The Labute approximate surface area is 135 Å². The van der Waals surface area contributed by atoms with Crippen LogP contribution in [0, 0.1) is 0 Å². The molecule has 0 amide bonds. The molecule has 0 aliphatic carbocycles. The largest absolute Gasteiger partial charge is 0.502 e. The molecule has 118 valence electrons. The molecule has 0 atom stereocenters. The molecule has 0 spiro atoms. The molecule has 4 rings (SSSR count). The Kier molecular flexibility index (Phi) is 3.34. The Morgan fingerprint density at radius 3 is 2.65 bits per heavy atom. The van der Waals surface area contributed by atoms with E-state index < -0.39 is 5.56 Å². The maximum absolute atomic E-state index is 11.4. The molecule has 1 saturated heterocycles. The van der Waals surface area contributed by atoms with Crippen molar-refractivity contribution in [1.82, 2.24) is 19.6 Å². The summed E-state index contributed by atoms with van der Waals surface area (Å²) in [5.74, 6) is 0.590. The fourth-order valence-corrected chi connectivity index (χ4v) is 3.47. The Bertz CT molecular complexity index is 885. The fourth-order valence-electron chi connectivity index (χ4n) is 2.55. The second-order valence-electron chi connectivity index (χ2n) is 5.21. The van der Waals surface area contributed by atoms with E-state index in [1.165, 1.54) is 22.0 Å². The van der Waals surface area contributed by atoms with E-state index >= 15 is 0 Å². The minimum absolute atomic E-state index is 0.390. The molecule has 23 heavy (non-hydrogen) atoms. The molecule has 3 aromatic rings. The lowest BCUT2D eigenvalue weighted by Gasteiger charge is -2.34. The number of piperazine rings is 1. The predicted molar refractivity (Wildman–Crippen MR) is 87.5 cm³/mol. The SMILES string of the molecule is O=c1nc2sc(N3CCN(c4ccccn4)CC3)nn2cc1O. The molecule has 1 aliphatic heterocycles.